The lowest BCUT2D eigenvalue weighted by Gasteiger charge is -2.16. The van der Waals surface area contributed by atoms with Gasteiger partial charge in [0, 0.05) is 54.9 Å². The number of halogens is 1. The fourth-order valence-corrected chi connectivity index (χ4v) is 4.62. The quantitative estimate of drug-likeness (QED) is 0.135. The maximum absolute atomic E-state index is 12.3. The van der Waals surface area contributed by atoms with Crippen molar-refractivity contribution in [3.05, 3.63) is 77.9 Å². The summed E-state index contributed by atoms with van der Waals surface area (Å²) in [4.78, 5) is 32.8. The Morgan fingerprint density at radius 2 is 1.93 bits per heavy atom. The number of carbonyl (C=O) groups is 1. The maximum atomic E-state index is 12.3. The van der Waals surface area contributed by atoms with Crippen molar-refractivity contribution in [2.75, 3.05) is 44.4 Å². The number of fused-ring (bicyclic) bond motifs is 1. The maximum Gasteiger partial charge on any atom is 0.250 e. The van der Waals surface area contributed by atoms with Crippen LogP contribution in [0.15, 0.2) is 67.1 Å². The smallest absolute Gasteiger partial charge is 0.250 e. The summed E-state index contributed by atoms with van der Waals surface area (Å²) in [6.07, 6.45) is 11.9. The van der Waals surface area contributed by atoms with Crippen molar-refractivity contribution in [1.82, 2.24) is 30.2 Å². The van der Waals surface area contributed by atoms with Gasteiger partial charge in [0.25, 0.3) is 0 Å². The highest BCUT2D eigenvalue weighted by Crippen LogP contribution is 2.32. The molecule has 4 rings (SSSR count). The van der Waals surface area contributed by atoms with Crippen molar-refractivity contribution in [3.8, 4) is 11.3 Å². The first-order chi connectivity index (χ1) is 19.8. The number of pyridine rings is 1. The van der Waals surface area contributed by atoms with Crippen molar-refractivity contribution in [2.24, 2.45) is 0 Å². The highest BCUT2D eigenvalue weighted by atomic mass is 35.5. The van der Waals surface area contributed by atoms with Gasteiger partial charge in [0.15, 0.2) is 0 Å². The number of benzene rings is 1. The van der Waals surface area contributed by atoms with Gasteiger partial charge in [-0.05, 0) is 58.6 Å². The first kappa shape index (κ1) is 30.2. The zero-order valence-electron chi connectivity index (χ0n) is 24.2. The average Bonchev–Trinajstić information content (AvgIpc) is 3.39. The molecule has 10 heteroatoms. The van der Waals surface area contributed by atoms with Crippen LogP contribution in [0, 0.1) is 0 Å². The molecule has 0 bridgehead atoms. The standard InChI is InChI=1S/C31H39ClN8O/c1-22(37-31-36-21-27(32)30(38-31)26-20-35-28-12-6-5-11-25(26)28)10-7-8-16-33-18-23-14-15-24(19-34-23)40(4)29(41)13-9-17-39(2)3/h5-6,9,11-15,19-22,33,35H,7-8,10,16-18H2,1-4H3,(H,36,37,38). The number of H-pyrrole nitrogens is 1. The summed E-state index contributed by atoms with van der Waals surface area (Å²) in [6, 6.07) is 12.2. The number of nitrogens with one attached hydrogen (secondary N) is 3. The number of likely N-dealkylation sites (N-methyl/N-ethyl adjacent to an activating group) is 2. The number of amides is 1. The zero-order chi connectivity index (χ0) is 29.2. The van der Waals surface area contributed by atoms with E-state index in [1.54, 1.807) is 30.4 Å². The van der Waals surface area contributed by atoms with Gasteiger partial charge in [0.1, 0.15) is 0 Å². The van der Waals surface area contributed by atoms with Gasteiger partial charge >= 0.3 is 0 Å². The predicted octanol–water partition coefficient (Wildman–Crippen LogP) is 5.51. The first-order valence-electron chi connectivity index (χ1n) is 13.9. The average molecular weight is 575 g/mol. The van der Waals surface area contributed by atoms with Crippen LogP contribution in [0.1, 0.15) is 31.9 Å². The molecule has 0 saturated carbocycles. The number of nitrogens with zero attached hydrogens (tertiary/aromatic N) is 5. The molecule has 1 amide bonds. The first-order valence-corrected chi connectivity index (χ1v) is 14.3. The van der Waals surface area contributed by atoms with E-state index in [1.807, 2.05) is 61.6 Å². The van der Waals surface area contributed by atoms with Gasteiger partial charge < -0.3 is 25.4 Å². The van der Waals surface area contributed by atoms with Crippen LogP contribution in [0.3, 0.4) is 0 Å². The van der Waals surface area contributed by atoms with E-state index in [1.165, 1.54) is 0 Å². The molecule has 4 aromatic rings. The van der Waals surface area contributed by atoms with E-state index in [0.717, 1.165) is 65.9 Å². The second kappa shape index (κ2) is 14.7. The molecule has 1 aromatic carbocycles. The number of carbonyl (C=O) groups excluding carboxylic acids is 1. The number of aromatic amines is 1. The Hall–Kier alpha value is -3.79. The molecule has 0 spiro atoms. The van der Waals surface area contributed by atoms with Crippen LogP contribution in [-0.4, -0.2) is 71.0 Å². The van der Waals surface area contributed by atoms with E-state index in [0.29, 0.717) is 17.5 Å². The number of hydrogen-bond acceptors (Lipinski definition) is 7. The van der Waals surface area contributed by atoms with E-state index < -0.39 is 0 Å². The van der Waals surface area contributed by atoms with Gasteiger partial charge in [-0.2, -0.15) is 0 Å². The van der Waals surface area contributed by atoms with Crippen LogP contribution >= 0.6 is 11.6 Å². The van der Waals surface area contributed by atoms with Gasteiger partial charge in [-0.3, -0.25) is 9.78 Å². The molecule has 3 heterocycles. The van der Waals surface area contributed by atoms with Crippen molar-refractivity contribution in [3.63, 3.8) is 0 Å². The highest BCUT2D eigenvalue weighted by molar-refractivity contribution is 6.33. The zero-order valence-corrected chi connectivity index (χ0v) is 24.9. The molecule has 9 nitrogen and oxygen atoms in total. The summed E-state index contributed by atoms with van der Waals surface area (Å²) < 4.78 is 0. The van der Waals surface area contributed by atoms with E-state index in [9.17, 15) is 4.79 Å². The second-order valence-corrected chi connectivity index (χ2v) is 10.8. The minimum Gasteiger partial charge on any atom is -0.360 e. The molecule has 1 atom stereocenters. The molecule has 3 N–H and O–H groups in total. The van der Waals surface area contributed by atoms with Crippen LogP contribution in [0.2, 0.25) is 5.02 Å². The van der Waals surface area contributed by atoms with Gasteiger partial charge in [-0.1, -0.05) is 42.3 Å². The largest absolute Gasteiger partial charge is 0.360 e. The molecule has 1 unspecified atom stereocenters. The number of aromatic nitrogens is 4. The number of hydrogen-bond donors (Lipinski definition) is 3. The third-order valence-electron chi connectivity index (χ3n) is 6.77. The summed E-state index contributed by atoms with van der Waals surface area (Å²) in [5.74, 6) is 0.507. The van der Waals surface area contributed by atoms with Crippen molar-refractivity contribution >= 4 is 40.0 Å². The lowest BCUT2D eigenvalue weighted by atomic mass is 10.1. The Morgan fingerprint density at radius 3 is 2.71 bits per heavy atom. The molecule has 0 aliphatic heterocycles. The summed E-state index contributed by atoms with van der Waals surface area (Å²) in [5, 5.41) is 8.48. The summed E-state index contributed by atoms with van der Waals surface area (Å²) >= 11 is 6.46. The third-order valence-corrected chi connectivity index (χ3v) is 7.05. The summed E-state index contributed by atoms with van der Waals surface area (Å²) in [6.45, 7) is 4.45. The molecule has 216 valence electrons. The Morgan fingerprint density at radius 1 is 1.10 bits per heavy atom. The van der Waals surface area contributed by atoms with Gasteiger partial charge in [-0.15, -0.1) is 0 Å². The van der Waals surface area contributed by atoms with E-state index >= 15 is 0 Å². The van der Waals surface area contributed by atoms with Crippen molar-refractivity contribution in [1.29, 1.82) is 0 Å². The Labute approximate surface area is 247 Å². The molecular weight excluding hydrogens is 536 g/mol. The topological polar surface area (TPSA) is 102 Å². The fourth-order valence-electron chi connectivity index (χ4n) is 4.43. The molecule has 3 aromatic heterocycles. The van der Waals surface area contributed by atoms with Gasteiger partial charge in [0.2, 0.25) is 11.9 Å². The fraction of sp³-hybridized carbons (Fsp3) is 0.355. The molecule has 0 aliphatic rings. The van der Waals surface area contributed by atoms with E-state index in [-0.39, 0.29) is 11.9 Å². The third kappa shape index (κ3) is 8.60. The molecular formula is C31H39ClN8O. The molecule has 0 saturated heterocycles. The second-order valence-electron chi connectivity index (χ2n) is 10.4. The van der Waals surface area contributed by atoms with Crippen LogP contribution in [0.5, 0.6) is 0 Å². The predicted molar refractivity (Wildman–Crippen MR) is 168 cm³/mol. The lowest BCUT2D eigenvalue weighted by Crippen LogP contribution is -2.25. The van der Waals surface area contributed by atoms with Gasteiger partial charge in [-0.25, -0.2) is 9.97 Å². The lowest BCUT2D eigenvalue weighted by molar-refractivity contribution is -0.113. The SMILES string of the molecule is CC(CCCCNCc1ccc(N(C)C(=O)C=CCN(C)C)cn1)Nc1ncc(Cl)c(-c2c[nH]c3ccccc23)n1. The van der Waals surface area contributed by atoms with Crippen LogP contribution < -0.4 is 15.5 Å². The Bertz CT molecular complexity index is 1450. The monoisotopic (exact) mass is 574 g/mol. The number of rotatable bonds is 14. The summed E-state index contributed by atoms with van der Waals surface area (Å²) in [7, 11) is 5.69. The minimum absolute atomic E-state index is 0.0689. The molecule has 0 fully saturated rings. The Balaban J connectivity index is 1.17. The van der Waals surface area contributed by atoms with Gasteiger partial charge in [0.05, 0.1) is 34.5 Å². The summed E-state index contributed by atoms with van der Waals surface area (Å²) in [5.41, 5.74) is 4.44. The van der Waals surface area contributed by atoms with E-state index in [2.05, 4.69) is 38.6 Å². The number of para-hydroxylation sites is 1. The minimum atomic E-state index is -0.0689. The van der Waals surface area contributed by atoms with Crippen LogP contribution in [-0.2, 0) is 11.3 Å². The normalized spacial score (nSPS) is 12.3. The van der Waals surface area contributed by atoms with Crippen molar-refractivity contribution in [2.45, 2.75) is 38.8 Å². The highest BCUT2D eigenvalue weighted by Gasteiger charge is 2.14. The molecule has 0 aliphatic carbocycles. The molecule has 41 heavy (non-hydrogen) atoms. The number of anilines is 2. The van der Waals surface area contributed by atoms with Crippen LogP contribution in [0.25, 0.3) is 22.2 Å². The van der Waals surface area contributed by atoms with Crippen molar-refractivity contribution < 1.29 is 4.79 Å². The van der Waals surface area contributed by atoms with E-state index in [4.69, 9.17) is 16.6 Å². The Kier molecular flexibility index (Phi) is 10.8. The van der Waals surface area contributed by atoms with Crippen LogP contribution in [0.4, 0.5) is 11.6 Å². The molecule has 0 radical (unpaired) electrons. The number of unbranched alkanes of at least 4 members (excludes halogenated alkanes) is 1.